The molecule has 0 aliphatic rings. The van der Waals surface area contributed by atoms with Gasteiger partial charge < -0.3 is 0 Å². The number of thiophene rings is 1. The third-order valence-electron chi connectivity index (χ3n) is 4.93. The Bertz CT molecular complexity index is 1370. The summed E-state index contributed by atoms with van der Waals surface area (Å²) in [7, 11) is 0. The van der Waals surface area contributed by atoms with Crippen molar-refractivity contribution >= 4 is 39.1 Å². The molecular weight excluding hydrogens is 419 g/mol. The normalized spacial score (nSPS) is 11.5. The largest absolute Gasteiger partial charge is 0.275 e. The number of aromatic nitrogens is 4. The highest BCUT2D eigenvalue weighted by atomic mass is 32.2. The van der Waals surface area contributed by atoms with Gasteiger partial charge in [0.15, 0.2) is 5.16 Å². The van der Waals surface area contributed by atoms with E-state index in [9.17, 15) is 9.18 Å². The maximum absolute atomic E-state index is 13.2. The first kappa shape index (κ1) is 19.0. The maximum atomic E-state index is 13.2. The molecule has 150 valence electrons. The molecule has 0 atom stereocenters. The highest BCUT2D eigenvalue weighted by Gasteiger charge is 2.17. The molecule has 0 saturated carbocycles. The van der Waals surface area contributed by atoms with Crippen LogP contribution in [0, 0.1) is 5.82 Å². The molecule has 3 aromatic heterocycles. The molecular formula is C22H17FN4OS2. The first-order valence-electron chi connectivity index (χ1n) is 9.47. The number of nitrogens with zero attached hydrogens (tertiary/aromatic N) is 4. The monoisotopic (exact) mass is 436 g/mol. The second kappa shape index (κ2) is 8.04. The van der Waals surface area contributed by atoms with Gasteiger partial charge in [-0.1, -0.05) is 54.2 Å². The van der Waals surface area contributed by atoms with Gasteiger partial charge in [-0.3, -0.25) is 13.8 Å². The van der Waals surface area contributed by atoms with Crippen molar-refractivity contribution < 1.29 is 4.39 Å². The molecule has 2 aromatic carbocycles. The minimum atomic E-state index is -0.251. The van der Waals surface area contributed by atoms with Crippen molar-refractivity contribution in [3.05, 3.63) is 93.3 Å². The summed E-state index contributed by atoms with van der Waals surface area (Å²) in [5.74, 6) is 0.929. The fourth-order valence-corrected chi connectivity index (χ4v) is 5.13. The van der Waals surface area contributed by atoms with Crippen LogP contribution in [-0.4, -0.2) is 19.2 Å². The SMILES string of the molecule is O=c1c2sccc2n2c(SCc3ccc(F)cc3)nnc2n1CCc1ccccc1. The molecule has 30 heavy (non-hydrogen) atoms. The summed E-state index contributed by atoms with van der Waals surface area (Å²) in [6.45, 7) is 0.529. The molecule has 0 unspecified atom stereocenters. The number of halogens is 1. The van der Waals surface area contributed by atoms with Crippen molar-refractivity contribution in [1.82, 2.24) is 19.2 Å². The fourth-order valence-electron chi connectivity index (χ4n) is 3.41. The summed E-state index contributed by atoms with van der Waals surface area (Å²) < 4.78 is 17.5. The second-order valence-corrected chi connectivity index (χ2v) is 8.72. The maximum Gasteiger partial charge on any atom is 0.272 e. The molecule has 0 bridgehead atoms. The number of thioether (sulfide) groups is 1. The zero-order valence-electron chi connectivity index (χ0n) is 15.9. The summed E-state index contributed by atoms with van der Waals surface area (Å²) in [4.78, 5) is 13.1. The lowest BCUT2D eigenvalue weighted by molar-refractivity contribution is 0.627. The van der Waals surface area contributed by atoms with Crippen molar-refractivity contribution in [3.63, 3.8) is 0 Å². The van der Waals surface area contributed by atoms with Gasteiger partial charge in [0.1, 0.15) is 10.5 Å². The van der Waals surface area contributed by atoms with Gasteiger partial charge in [0, 0.05) is 12.3 Å². The molecule has 5 nitrogen and oxygen atoms in total. The summed E-state index contributed by atoms with van der Waals surface area (Å²) in [5.41, 5.74) is 2.95. The molecule has 0 fully saturated rings. The van der Waals surface area contributed by atoms with Gasteiger partial charge in [0.25, 0.3) is 5.56 Å². The number of fused-ring (bicyclic) bond motifs is 3. The number of benzene rings is 2. The molecule has 5 rings (SSSR count). The zero-order valence-corrected chi connectivity index (χ0v) is 17.5. The molecule has 0 aliphatic heterocycles. The van der Waals surface area contributed by atoms with Crippen LogP contribution in [0.5, 0.6) is 0 Å². The van der Waals surface area contributed by atoms with Crippen molar-refractivity contribution in [2.45, 2.75) is 23.9 Å². The van der Waals surface area contributed by atoms with Gasteiger partial charge in [-0.05, 0) is 41.1 Å². The summed E-state index contributed by atoms with van der Waals surface area (Å²) in [5, 5.41) is 11.3. The summed E-state index contributed by atoms with van der Waals surface area (Å²) in [6, 6.07) is 18.5. The van der Waals surface area contributed by atoms with Crippen LogP contribution in [0.1, 0.15) is 11.1 Å². The zero-order chi connectivity index (χ0) is 20.5. The van der Waals surface area contributed by atoms with Crippen LogP contribution in [0.4, 0.5) is 4.39 Å². The van der Waals surface area contributed by atoms with Crippen LogP contribution in [0.25, 0.3) is 16.0 Å². The van der Waals surface area contributed by atoms with Crippen molar-refractivity contribution in [1.29, 1.82) is 0 Å². The van der Waals surface area contributed by atoms with Gasteiger partial charge in [0.2, 0.25) is 5.78 Å². The molecule has 3 heterocycles. The highest BCUT2D eigenvalue weighted by molar-refractivity contribution is 7.98. The Hall–Kier alpha value is -2.97. The molecule has 8 heteroatoms. The Kier molecular flexibility index (Phi) is 5.10. The first-order valence-corrected chi connectivity index (χ1v) is 11.3. The predicted octanol–water partition coefficient (Wildman–Crippen LogP) is 4.78. The predicted molar refractivity (Wildman–Crippen MR) is 119 cm³/mol. The van der Waals surface area contributed by atoms with E-state index in [-0.39, 0.29) is 11.4 Å². The van der Waals surface area contributed by atoms with Gasteiger partial charge in [0.05, 0.1) is 5.52 Å². The van der Waals surface area contributed by atoms with E-state index in [2.05, 4.69) is 22.3 Å². The average Bonchev–Trinajstić information content (AvgIpc) is 3.41. The molecule has 0 amide bonds. The topological polar surface area (TPSA) is 52.2 Å². The lowest BCUT2D eigenvalue weighted by Crippen LogP contribution is -2.23. The van der Waals surface area contributed by atoms with Crippen LogP contribution < -0.4 is 5.56 Å². The van der Waals surface area contributed by atoms with Gasteiger partial charge in [-0.2, -0.15) is 0 Å². The van der Waals surface area contributed by atoms with Crippen molar-refractivity contribution in [2.75, 3.05) is 0 Å². The van der Waals surface area contributed by atoms with E-state index in [0.717, 1.165) is 17.5 Å². The number of rotatable bonds is 6. The van der Waals surface area contributed by atoms with E-state index in [1.54, 1.807) is 16.7 Å². The van der Waals surface area contributed by atoms with E-state index in [1.165, 1.54) is 40.8 Å². The fraction of sp³-hybridized carbons (Fsp3) is 0.136. The van der Waals surface area contributed by atoms with Crippen LogP contribution in [0.15, 0.2) is 76.0 Å². The van der Waals surface area contributed by atoms with Crippen molar-refractivity contribution in [3.8, 4) is 0 Å². The van der Waals surface area contributed by atoms with Gasteiger partial charge >= 0.3 is 0 Å². The minimum absolute atomic E-state index is 0.0362. The summed E-state index contributed by atoms with van der Waals surface area (Å²) in [6.07, 6.45) is 0.734. The Morgan fingerprint density at radius 1 is 0.967 bits per heavy atom. The average molecular weight is 437 g/mol. The van der Waals surface area contributed by atoms with Crippen LogP contribution in [0.2, 0.25) is 0 Å². The Morgan fingerprint density at radius 3 is 2.57 bits per heavy atom. The van der Waals surface area contributed by atoms with E-state index in [0.29, 0.717) is 27.9 Å². The third kappa shape index (κ3) is 3.53. The summed E-state index contributed by atoms with van der Waals surface area (Å²) >= 11 is 2.95. The molecule has 0 aliphatic carbocycles. The van der Waals surface area contributed by atoms with Crippen LogP contribution in [0.3, 0.4) is 0 Å². The van der Waals surface area contributed by atoms with E-state index < -0.39 is 0 Å². The van der Waals surface area contributed by atoms with Crippen LogP contribution >= 0.6 is 23.1 Å². The number of aryl methyl sites for hydroxylation is 2. The van der Waals surface area contributed by atoms with E-state index >= 15 is 0 Å². The first-order chi connectivity index (χ1) is 14.7. The standard InChI is InChI=1S/C22H17FN4OS2/c23-17-8-6-16(7-9-17)14-30-22-25-24-21-26(12-10-15-4-2-1-3-5-15)20(28)19-18(27(21)22)11-13-29-19/h1-9,11,13H,10,12,14H2. The second-order valence-electron chi connectivity index (χ2n) is 6.86. The van der Waals surface area contributed by atoms with E-state index in [1.807, 2.05) is 34.0 Å². The Balaban J connectivity index is 1.53. The Morgan fingerprint density at radius 2 is 1.77 bits per heavy atom. The van der Waals surface area contributed by atoms with Gasteiger partial charge in [-0.25, -0.2) is 4.39 Å². The Labute approximate surface area is 179 Å². The third-order valence-corrected chi connectivity index (χ3v) is 6.82. The minimum Gasteiger partial charge on any atom is -0.275 e. The lowest BCUT2D eigenvalue weighted by atomic mass is 10.1. The molecule has 0 saturated heterocycles. The van der Waals surface area contributed by atoms with Gasteiger partial charge in [-0.15, -0.1) is 21.5 Å². The molecule has 0 radical (unpaired) electrons. The number of hydrogen-bond donors (Lipinski definition) is 0. The molecule has 0 spiro atoms. The molecule has 5 aromatic rings. The van der Waals surface area contributed by atoms with Crippen LogP contribution in [-0.2, 0) is 18.7 Å². The quantitative estimate of drug-likeness (QED) is 0.360. The lowest BCUT2D eigenvalue weighted by Gasteiger charge is -2.09. The van der Waals surface area contributed by atoms with Crippen molar-refractivity contribution in [2.24, 2.45) is 0 Å². The smallest absolute Gasteiger partial charge is 0.272 e. The number of hydrogen-bond acceptors (Lipinski definition) is 5. The molecule has 0 N–H and O–H groups in total. The van der Waals surface area contributed by atoms with E-state index in [4.69, 9.17) is 0 Å². The highest BCUT2D eigenvalue weighted by Crippen LogP contribution is 2.26.